The van der Waals surface area contributed by atoms with Gasteiger partial charge in [0, 0.05) is 6.04 Å². The number of carbonyl (C=O) groups is 1. The number of carbonyl (C=O) groups excluding carboxylic acids is 1. The third-order valence-electron chi connectivity index (χ3n) is 4.83. The first-order valence-corrected chi connectivity index (χ1v) is 8.30. The van der Waals surface area contributed by atoms with Gasteiger partial charge < -0.3 is 9.32 Å². The van der Waals surface area contributed by atoms with Crippen LogP contribution in [0.3, 0.4) is 0 Å². The summed E-state index contributed by atoms with van der Waals surface area (Å²) in [6.45, 7) is 0. The zero-order chi connectivity index (χ0) is 16.7. The average molecular weight is 326 g/mol. The van der Waals surface area contributed by atoms with Gasteiger partial charge in [0.1, 0.15) is 4.92 Å². The molecule has 2 aromatic rings. The minimum absolute atomic E-state index is 0.0270. The molecule has 4 rings (SSSR count). The molecule has 1 aromatic heterocycles. The second-order valence-electron chi connectivity index (χ2n) is 6.45. The van der Waals surface area contributed by atoms with E-state index in [0.717, 1.165) is 32.1 Å². The predicted octanol–water partition coefficient (Wildman–Crippen LogP) is 3.87. The van der Waals surface area contributed by atoms with Crippen LogP contribution in [0.15, 0.2) is 40.8 Å². The molecule has 1 unspecified atom stereocenters. The second kappa shape index (κ2) is 5.78. The van der Waals surface area contributed by atoms with Gasteiger partial charge in [0.25, 0.3) is 5.91 Å². The number of aryl methyl sites for hydroxylation is 1. The zero-order valence-electron chi connectivity index (χ0n) is 13.2. The zero-order valence-corrected chi connectivity index (χ0v) is 13.2. The molecule has 0 radical (unpaired) electrons. The lowest BCUT2D eigenvalue weighted by Gasteiger charge is -2.35. The van der Waals surface area contributed by atoms with Gasteiger partial charge in [-0.25, -0.2) is 0 Å². The van der Waals surface area contributed by atoms with Gasteiger partial charge in [-0.05, 0) is 49.3 Å². The number of hydrogen-bond acceptors (Lipinski definition) is 4. The van der Waals surface area contributed by atoms with E-state index in [1.165, 1.54) is 23.3 Å². The van der Waals surface area contributed by atoms with E-state index in [0.29, 0.717) is 0 Å². The Balaban J connectivity index is 1.68. The van der Waals surface area contributed by atoms with Gasteiger partial charge >= 0.3 is 5.88 Å². The largest absolute Gasteiger partial charge is 0.433 e. The summed E-state index contributed by atoms with van der Waals surface area (Å²) < 4.78 is 5.15. The monoisotopic (exact) mass is 326 g/mol. The molecule has 1 heterocycles. The predicted molar refractivity (Wildman–Crippen MR) is 86.7 cm³/mol. The van der Waals surface area contributed by atoms with Crippen LogP contribution in [0, 0.1) is 10.1 Å². The topological polar surface area (TPSA) is 76.6 Å². The fourth-order valence-electron chi connectivity index (χ4n) is 3.60. The summed E-state index contributed by atoms with van der Waals surface area (Å²) in [5.74, 6) is -0.581. The average Bonchev–Trinajstić information content (AvgIpc) is 3.29. The summed E-state index contributed by atoms with van der Waals surface area (Å²) in [7, 11) is 0. The third-order valence-corrected chi connectivity index (χ3v) is 4.83. The fraction of sp³-hybridized carbons (Fsp3) is 0.389. The van der Waals surface area contributed by atoms with Crippen molar-refractivity contribution in [3.63, 3.8) is 0 Å². The van der Waals surface area contributed by atoms with Crippen LogP contribution in [0.2, 0.25) is 0 Å². The van der Waals surface area contributed by atoms with Crippen molar-refractivity contribution in [1.82, 2.24) is 4.90 Å². The van der Waals surface area contributed by atoms with Gasteiger partial charge in [-0.3, -0.25) is 14.9 Å². The molecule has 6 heteroatoms. The molecular weight excluding hydrogens is 308 g/mol. The minimum atomic E-state index is -0.617. The standard InChI is InChI=1S/C18H18N2O4/c21-18(16-10-11-17(24-16)20(22)23)19(13-8-9-13)15-7-3-5-12-4-1-2-6-14(12)15/h1-2,4,6,10-11,13,15H,3,5,7-9H2. The molecular formula is C18H18N2O4. The summed E-state index contributed by atoms with van der Waals surface area (Å²) in [6.07, 6.45) is 4.95. The molecule has 0 spiro atoms. The molecule has 2 aliphatic carbocycles. The van der Waals surface area contributed by atoms with Gasteiger partial charge in [0.2, 0.25) is 0 Å². The van der Waals surface area contributed by atoms with Crippen molar-refractivity contribution in [2.24, 2.45) is 0 Å². The summed E-state index contributed by atoms with van der Waals surface area (Å²) in [4.78, 5) is 25.1. The number of fused-ring (bicyclic) bond motifs is 1. The van der Waals surface area contributed by atoms with Crippen LogP contribution in [0.4, 0.5) is 5.88 Å². The van der Waals surface area contributed by atoms with Crippen molar-refractivity contribution in [2.45, 2.75) is 44.2 Å². The Morgan fingerprint density at radius 3 is 2.67 bits per heavy atom. The van der Waals surface area contributed by atoms with Crippen LogP contribution < -0.4 is 0 Å². The Morgan fingerprint density at radius 1 is 1.17 bits per heavy atom. The highest BCUT2D eigenvalue weighted by Crippen LogP contribution is 2.41. The fourth-order valence-corrected chi connectivity index (χ4v) is 3.60. The summed E-state index contributed by atoms with van der Waals surface area (Å²) in [5.41, 5.74) is 2.49. The van der Waals surface area contributed by atoms with Crippen LogP contribution in [-0.4, -0.2) is 21.8 Å². The SMILES string of the molecule is O=C(c1ccc([N+](=O)[O-])o1)N(C1CC1)C1CCCc2ccccc21. The summed E-state index contributed by atoms with van der Waals surface area (Å²) in [5, 5.41) is 10.8. The highest BCUT2D eigenvalue weighted by molar-refractivity contribution is 5.92. The maximum absolute atomic E-state index is 13.0. The summed E-state index contributed by atoms with van der Waals surface area (Å²) in [6, 6.07) is 11.1. The van der Waals surface area contributed by atoms with Crippen molar-refractivity contribution in [1.29, 1.82) is 0 Å². The molecule has 2 aliphatic rings. The molecule has 1 fully saturated rings. The smallest absolute Gasteiger partial charge is 0.395 e. The van der Waals surface area contributed by atoms with E-state index in [1.807, 2.05) is 17.0 Å². The number of furan rings is 1. The third kappa shape index (κ3) is 2.58. The van der Waals surface area contributed by atoms with E-state index >= 15 is 0 Å². The van der Waals surface area contributed by atoms with Gasteiger partial charge in [0.15, 0.2) is 5.76 Å². The Hall–Kier alpha value is -2.63. The molecule has 0 bridgehead atoms. The van der Waals surface area contributed by atoms with Gasteiger partial charge in [0.05, 0.1) is 12.1 Å². The van der Waals surface area contributed by atoms with Gasteiger partial charge in [-0.1, -0.05) is 24.3 Å². The number of hydrogen-bond donors (Lipinski definition) is 0. The van der Waals surface area contributed by atoms with Crippen LogP contribution >= 0.6 is 0 Å². The van der Waals surface area contributed by atoms with E-state index in [1.54, 1.807) is 0 Å². The van der Waals surface area contributed by atoms with E-state index in [9.17, 15) is 14.9 Å². The molecule has 0 aliphatic heterocycles. The second-order valence-corrected chi connectivity index (χ2v) is 6.45. The highest BCUT2D eigenvalue weighted by atomic mass is 16.6. The molecule has 1 amide bonds. The summed E-state index contributed by atoms with van der Waals surface area (Å²) >= 11 is 0. The lowest BCUT2D eigenvalue weighted by Crippen LogP contribution is -2.38. The quantitative estimate of drug-likeness (QED) is 0.631. The number of amides is 1. The minimum Gasteiger partial charge on any atom is -0.395 e. The maximum atomic E-state index is 13.0. The Labute approximate surface area is 139 Å². The number of rotatable bonds is 4. The van der Waals surface area contributed by atoms with Crippen molar-refractivity contribution in [3.05, 3.63) is 63.4 Å². The van der Waals surface area contributed by atoms with Crippen molar-refractivity contribution < 1.29 is 14.1 Å². The van der Waals surface area contributed by atoms with Crippen LogP contribution in [-0.2, 0) is 6.42 Å². The maximum Gasteiger partial charge on any atom is 0.433 e. The molecule has 0 N–H and O–H groups in total. The number of nitro groups is 1. The van der Waals surface area contributed by atoms with Gasteiger partial charge in [-0.2, -0.15) is 0 Å². The van der Waals surface area contributed by atoms with Crippen molar-refractivity contribution in [3.8, 4) is 0 Å². The molecule has 24 heavy (non-hydrogen) atoms. The van der Waals surface area contributed by atoms with Gasteiger partial charge in [-0.15, -0.1) is 0 Å². The van der Waals surface area contributed by atoms with Crippen molar-refractivity contribution in [2.75, 3.05) is 0 Å². The normalized spacial score (nSPS) is 19.6. The first-order valence-electron chi connectivity index (χ1n) is 8.30. The van der Waals surface area contributed by atoms with Crippen LogP contribution in [0.5, 0.6) is 0 Å². The van der Waals surface area contributed by atoms with Crippen LogP contribution in [0.1, 0.15) is 53.4 Å². The first-order chi connectivity index (χ1) is 11.6. The Bertz CT molecular complexity index is 794. The van der Waals surface area contributed by atoms with E-state index < -0.39 is 10.8 Å². The Kier molecular flexibility index (Phi) is 3.59. The number of benzene rings is 1. The van der Waals surface area contributed by atoms with E-state index in [-0.39, 0.29) is 23.8 Å². The first kappa shape index (κ1) is 14.9. The van der Waals surface area contributed by atoms with Crippen LogP contribution in [0.25, 0.3) is 0 Å². The van der Waals surface area contributed by atoms with E-state index in [4.69, 9.17) is 4.42 Å². The highest BCUT2D eigenvalue weighted by Gasteiger charge is 2.41. The molecule has 1 atom stereocenters. The lowest BCUT2D eigenvalue weighted by molar-refractivity contribution is -0.402. The molecule has 0 saturated heterocycles. The molecule has 6 nitrogen and oxygen atoms in total. The number of nitrogens with zero attached hydrogens (tertiary/aromatic N) is 2. The van der Waals surface area contributed by atoms with Crippen molar-refractivity contribution >= 4 is 11.8 Å². The molecule has 124 valence electrons. The lowest BCUT2D eigenvalue weighted by atomic mass is 9.86. The molecule has 1 saturated carbocycles. The molecule has 1 aromatic carbocycles. The van der Waals surface area contributed by atoms with E-state index in [2.05, 4.69) is 12.1 Å². The Morgan fingerprint density at radius 2 is 1.96 bits per heavy atom.